The Morgan fingerprint density at radius 1 is 1.22 bits per heavy atom. The molecule has 1 aliphatic rings. The highest BCUT2D eigenvalue weighted by molar-refractivity contribution is 7.89. The summed E-state index contributed by atoms with van der Waals surface area (Å²) in [6, 6.07) is 5.69. The summed E-state index contributed by atoms with van der Waals surface area (Å²) in [6.45, 7) is 2.92. The van der Waals surface area contributed by atoms with E-state index in [2.05, 4.69) is 10.9 Å². The van der Waals surface area contributed by atoms with E-state index in [9.17, 15) is 18.0 Å². The fourth-order valence-corrected chi connectivity index (χ4v) is 3.48. The monoisotopic (exact) mass is 341 g/mol. The minimum absolute atomic E-state index is 0.0360. The number of sulfonamides is 1. The lowest BCUT2D eigenvalue weighted by atomic mass is 10.2. The van der Waals surface area contributed by atoms with Crippen LogP contribution in [0.25, 0.3) is 0 Å². The van der Waals surface area contributed by atoms with Crippen molar-refractivity contribution in [3.05, 3.63) is 29.8 Å². The zero-order chi connectivity index (χ0) is 16.9. The Hall–Kier alpha value is -1.97. The zero-order valence-corrected chi connectivity index (χ0v) is 13.6. The van der Waals surface area contributed by atoms with Gasteiger partial charge in [0.2, 0.25) is 15.9 Å². The third kappa shape index (κ3) is 4.27. The number of hydrogen-bond acceptors (Lipinski definition) is 5. The molecule has 0 spiro atoms. The van der Waals surface area contributed by atoms with Crippen molar-refractivity contribution < 1.29 is 22.7 Å². The van der Waals surface area contributed by atoms with Gasteiger partial charge in [0.05, 0.1) is 18.1 Å². The second kappa shape index (κ2) is 7.53. The Kier molecular flexibility index (Phi) is 5.69. The van der Waals surface area contributed by atoms with Crippen LogP contribution in [-0.2, 0) is 19.6 Å². The van der Waals surface area contributed by atoms with Gasteiger partial charge < -0.3 is 4.74 Å². The van der Waals surface area contributed by atoms with Crippen LogP contribution in [0.2, 0.25) is 0 Å². The average molecular weight is 341 g/mol. The van der Waals surface area contributed by atoms with Crippen molar-refractivity contribution in [2.45, 2.75) is 18.2 Å². The first-order valence-electron chi connectivity index (χ1n) is 7.22. The largest absolute Gasteiger partial charge is 0.379 e. The van der Waals surface area contributed by atoms with Crippen LogP contribution in [0, 0.1) is 0 Å². The molecule has 2 amide bonds. The van der Waals surface area contributed by atoms with Crippen LogP contribution < -0.4 is 10.9 Å². The Bertz CT molecular complexity index is 683. The fraction of sp³-hybridized carbons (Fsp3) is 0.429. The molecule has 1 aromatic rings. The summed E-state index contributed by atoms with van der Waals surface area (Å²) in [7, 11) is -3.67. The third-order valence-electron chi connectivity index (χ3n) is 3.34. The van der Waals surface area contributed by atoms with Crippen molar-refractivity contribution in [1.29, 1.82) is 0 Å². The zero-order valence-electron chi connectivity index (χ0n) is 12.7. The minimum atomic E-state index is -3.67. The van der Waals surface area contributed by atoms with E-state index in [4.69, 9.17) is 4.74 Å². The number of rotatable bonds is 4. The second-order valence-electron chi connectivity index (χ2n) is 4.90. The molecular weight excluding hydrogens is 322 g/mol. The second-order valence-corrected chi connectivity index (χ2v) is 6.84. The Morgan fingerprint density at radius 3 is 2.57 bits per heavy atom. The number of carbonyl (C=O) groups excluding carboxylic acids is 2. The van der Waals surface area contributed by atoms with Gasteiger partial charge in [0, 0.05) is 25.1 Å². The van der Waals surface area contributed by atoms with Crippen LogP contribution in [0.3, 0.4) is 0 Å². The van der Waals surface area contributed by atoms with Crippen molar-refractivity contribution in [2.24, 2.45) is 0 Å². The Balaban J connectivity index is 2.15. The van der Waals surface area contributed by atoms with E-state index in [0.29, 0.717) is 13.2 Å². The van der Waals surface area contributed by atoms with Crippen molar-refractivity contribution in [3.63, 3.8) is 0 Å². The number of carbonyl (C=O) groups is 2. The van der Waals surface area contributed by atoms with Gasteiger partial charge in [-0.3, -0.25) is 20.4 Å². The highest BCUT2D eigenvalue weighted by atomic mass is 32.2. The first-order valence-corrected chi connectivity index (χ1v) is 8.66. The summed E-state index contributed by atoms with van der Waals surface area (Å²) in [5, 5.41) is 0. The Labute approximate surface area is 134 Å². The predicted molar refractivity (Wildman–Crippen MR) is 81.9 cm³/mol. The standard InChI is InChI=1S/C14H19N3O5S/c1-2-13(18)15-16-14(19)11-4-3-5-12(10-11)23(20,21)17-6-8-22-9-7-17/h3-5,10H,2,6-9H2,1H3,(H,15,18)(H,16,19). The van der Waals surface area contributed by atoms with Crippen molar-refractivity contribution >= 4 is 21.8 Å². The minimum Gasteiger partial charge on any atom is -0.379 e. The van der Waals surface area contributed by atoms with Crippen LogP contribution in [0.5, 0.6) is 0 Å². The van der Waals surface area contributed by atoms with E-state index in [1.54, 1.807) is 6.92 Å². The highest BCUT2D eigenvalue weighted by Crippen LogP contribution is 2.18. The first-order chi connectivity index (χ1) is 10.9. The van der Waals surface area contributed by atoms with Gasteiger partial charge in [-0.05, 0) is 18.2 Å². The molecule has 1 saturated heterocycles. The molecule has 8 nitrogen and oxygen atoms in total. The smallest absolute Gasteiger partial charge is 0.269 e. The van der Waals surface area contributed by atoms with Crippen LogP contribution in [0.15, 0.2) is 29.2 Å². The summed E-state index contributed by atoms with van der Waals surface area (Å²) in [5.74, 6) is -0.915. The van der Waals surface area contributed by atoms with Crippen LogP contribution in [-0.4, -0.2) is 50.8 Å². The van der Waals surface area contributed by atoms with Gasteiger partial charge in [-0.15, -0.1) is 0 Å². The van der Waals surface area contributed by atoms with E-state index in [-0.39, 0.29) is 35.9 Å². The van der Waals surface area contributed by atoms with Crippen molar-refractivity contribution in [2.75, 3.05) is 26.3 Å². The summed E-state index contributed by atoms with van der Waals surface area (Å²) in [4.78, 5) is 23.1. The third-order valence-corrected chi connectivity index (χ3v) is 5.24. The number of benzene rings is 1. The number of hydrogen-bond donors (Lipinski definition) is 2. The predicted octanol–water partition coefficient (Wildman–Crippen LogP) is -0.121. The van der Waals surface area contributed by atoms with Gasteiger partial charge in [0.1, 0.15) is 0 Å². The molecule has 0 unspecified atom stereocenters. The number of amides is 2. The molecule has 0 aliphatic carbocycles. The maximum Gasteiger partial charge on any atom is 0.269 e. The molecule has 0 bridgehead atoms. The van der Waals surface area contributed by atoms with Gasteiger partial charge in [-0.25, -0.2) is 8.42 Å². The summed E-state index contributed by atoms with van der Waals surface area (Å²) >= 11 is 0. The van der Waals surface area contributed by atoms with E-state index in [1.165, 1.54) is 28.6 Å². The number of nitrogens with zero attached hydrogens (tertiary/aromatic N) is 1. The maximum absolute atomic E-state index is 12.5. The number of ether oxygens (including phenoxy) is 1. The Morgan fingerprint density at radius 2 is 1.91 bits per heavy atom. The number of nitrogens with one attached hydrogen (secondary N) is 2. The van der Waals surface area contributed by atoms with Gasteiger partial charge in [0.25, 0.3) is 5.91 Å². The van der Waals surface area contributed by atoms with Crippen LogP contribution >= 0.6 is 0 Å². The molecule has 9 heteroatoms. The molecule has 126 valence electrons. The maximum atomic E-state index is 12.5. The SMILES string of the molecule is CCC(=O)NNC(=O)c1cccc(S(=O)(=O)N2CCOCC2)c1. The van der Waals surface area contributed by atoms with Gasteiger partial charge in [-0.1, -0.05) is 13.0 Å². The molecule has 1 heterocycles. The van der Waals surface area contributed by atoms with Crippen LogP contribution in [0.4, 0.5) is 0 Å². The van der Waals surface area contributed by atoms with E-state index >= 15 is 0 Å². The average Bonchev–Trinajstić information content (AvgIpc) is 2.60. The van der Waals surface area contributed by atoms with Gasteiger partial charge >= 0.3 is 0 Å². The van der Waals surface area contributed by atoms with Gasteiger partial charge in [-0.2, -0.15) is 4.31 Å². The molecule has 0 saturated carbocycles. The molecule has 23 heavy (non-hydrogen) atoms. The summed E-state index contributed by atoms with van der Waals surface area (Å²) < 4.78 is 31.6. The molecule has 1 aliphatic heterocycles. The molecule has 1 fully saturated rings. The van der Waals surface area contributed by atoms with Gasteiger partial charge in [0.15, 0.2) is 0 Å². The lowest BCUT2D eigenvalue weighted by Gasteiger charge is -2.26. The molecule has 1 aromatic carbocycles. The van der Waals surface area contributed by atoms with Crippen molar-refractivity contribution in [1.82, 2.24) is 15.2 Å². The molecule has 0 atom stereocenters. The van der Waals surface area contributed by atoms with Crippen molar-refractivity contribution in [3.8, 4) is 0 Å². The highest BCUT2D eigenvalue weighted by Gasteiger charge is 2.26. The van der Waals surface area contributed by atoms with E-state index in [1.807, 2.05) is 0 Å². The topological polar surface area (TPSA) is 105 Å². The molecular formula is C14H19N3O5S. The van der Waals surface area contributed by atoms with Crippen LogP contribution in [0.1, 0.15) is 23.7 Å². The molecule has 0 aromatic heterocycles. The quantitative estimate of drug-likeness (QED) is 0.743. The lowest BCUT2D eigenvalue weighted by Crippen LogP contribution is -2.42. The summed E-state index contributed by atoms with van der Waals surface area (Å²) in [5.41, 5.74) is 4.63. The molecule has 2 rings (SSSR count). The molecule has 0 radical (unpaired) electrons. The van der Waals surface area contributed by atoms with E-state index in [0.717, 1.165) is 0 Å². The molecule has 2 N–H and O–H groups in total. The first kappa shape index (κ1) is 17.4. The summed E-state index contributed by atoms with van der Waals surface area (Å²) in [6.07, 6.45) is 0.228. The normalized spacial score (nSPS) is 15.9. The van der Waals surface area contributed by atoms with E-state index < -0.39 is 15.9 Å². The number of hydrazine groups is 1. The fourth-order valence-electron chi connectivity index (χ4n) is 2.02. The lowest BCUT2D eigenvalue weighted by molar-refractivity contribution is -0.121. The number of morpholine rings is 1.